The van der Waals surface area contributed by atoms with Gasteiger partial charge in [-0.2, -0.15) is 0 Å². The van der Waals surface area contributed by atoms with Gasteiger partial charge in [-0.05, 0) is 59.2 Å². The van der Waals surface area contributed by atoms with Crippen molar-refractivity contribution >= 4 is 20.1 Å². The molecule has 2 fully saturated rings. The number of halogens is 2. The second-order valence-electron chi connectivity index (χ2n) is 8.59. The third-order valence-electron chi connectivity index (χ3n) is 8.29. The molecule has 0 bridgehead atoms. The van der Waals surface area contributed by atoms with Gasteiger partial charge in [-0.15, -0.1) is 0 Å². The van der Waals surface area contributed by atoms with Crippen molar-refractivity contribution in [3.63, 3.8) is 0 Å². The van der Waals surface area contributed by atoms with Crippen molar-refractivity contribution < 1.29 is 30.7 Å². The first-order valence-electron chi connectivity index (χ1n) is 9.42. The zero-order valence-corrected chi connectivity index (χ0v) is 23.4. The van der Waals surface area contributed by atoms with Crippen LogP contribution in [0.1, 0.15) is 69.2 Å². The Balaban J connectivity index is -0.000000147. The first-order valence-corrected chi connectivity index (χ1v) is 12.9. The molecule has 2 aliphatic rings. The second kappa shape index (κ2) is 17.5. The maximum absolute atomic E-state index is 4.51. The number of hydrogen-bond acceptors (Lipinski definition) is 0. The van der Waals surface area contributed by atoms with E-state index in [1.54, 1.807) is 0 Å². The van der Waals surface area contributed by atoms with Crippen LogP contribution in [0.4, 0.5) is 0 Å². The van der Waals surface area contributed by atoms with E-state index in [4.69, 9.17) is 0 Å². The summed E-state index contributed by atoms with van der Waals surface area (Å²) in [6.45, 7) is 24.0. The Morgan fingerprint density at radius 1 is 0.308 bits per heavy atom. The van der Waals surface area contributed by atoms with E-state index in [1.165, 1.54) is 0 Å². The predicted molar refractivity (Wildman–Crippen MR) is 116 cm³/mol. The van der Waals surface area contributed by atoms with Gasteiger partial charge in [-0.1, -0.05) is 69.2 Å². The molecular weight excluding hydrogens is 439 g/mol. The molecule has 0 saturated heterocycles. The fourth-order valence-electron chi connectivity index (χ4n) is 4.79. The van der Waals surface area contributed by atoms with Gasteiger partial charge in [0.2, 0.25) is 0 Å². The predicted octanol–water partition coefficient (Wildman–Crippen LogP) is 8.64. The fraction of sp³-hybridized carbons (Fsp3) is 0.909. The van der Waals surface area contributed by atoms with E-state index in [9.17, 15) is 0 Å². The number of rotatable bonds is 0. The summed E-state index contributed by atoms with van der Waals surface area (Å²) in [4.78, 5) is 0. The van der Waals surface area contributed by atoms with Gasteiger partial charge in [0.05, 0.1) is 0 Å². The molecule has 0 heterocycles. The van der Waals surface area contributed by atoms with Crippen LogP contribution in [0.5, 0.6) is 0 Å². The molecule has 0 amide bonds. The molecule has 0 nitrogen and oxygen atoms in total. The standard InChI is InChI=1S/2C10H20.2CH3.2ClH.2Cr/c2*1-6-7(2)9(4)10(5)8(6)3;;;;;;/h2*6-10H,1-5H3;2*1H3;2*1H;;/q;;2*-1;;;2*+3/p-2. The Hall–Kier alpha value is 1.64. The van der Waals surface area contributed by atoms with Crippen molar-refractivity contribution in [3.05, 3.63) is 14.9 Å². The van der Waals surface area contributed by atoms with Crippen molar-refractivity contribution in [3.8, 4) is 0 Å². The minimum absolute atomic E-state index is 0. The molecule has 0 N–H and O–H groups in total. The van der Waals surface area contributed by atoms with Crippen LogP contribution in [-0.2, 0) is 30.7 Å². The van der Waals surface area contributed by atoms with Crippen molar-refractivity contribution in [2.75, 3.05) is 0 Å². The molecule has 2 aliphatic carbocycles. The van der Waals surface area contributed by atoms with E-state index in [1.807, 2.05) is 0 Å². The number of hydrogen-bond donors (Lipinski definition) is 0. The normalized spacial score (nSPS) is 43.0. The van der Waals surface area contributed by atoms with E-state index in [0.717, 1.165) is 59.2 Å². The molecular formula is C22H46Cl2Cr2+2. The van der Waals surface area contributed by atoms with Crippen LogP contribution < -0.4 is 0 Å². The zero-order valence-electron chi connectivity index (χ0n) is 19.3. The summed E-state index contributed by atoms with van der Waals surface area (Å²) >= 11 is 4.19. The van der Waals surface area contributed by atoms with Crippen LogP contribution in [0.25, 0.3) is 0 Å². The first-order chi connectivity index (χ1) is 11.1. The van der Waals surface area contributed by atoms with Crippen LogP contribution in [0.15, 0.2) is 0 Å². The van der Waals surface area contributed by atoms with Gasteiger partial charge >= 0.3 is 50.8 Å². The second-order valence-corrected chi connectivity index (χ2v) is 8.59. The average Bonchev–Trinajstić information content (AvgIpc) is 2.89. The average molecular weight is 486 g/mol. The Labute approximate surface area is 193 Å². The molecule has 26 heavy (non-hydrogen) atoms. The molecule has 0 radical (unpaired) electrons. The molecule has 0 aromatic carbocycles. The van der Waals surface area contributed by atoms with Crippen LogP contribution in [-0.4, -0.2) is 0 Å². The van der Waals surface area contributed by atoms with Gasteiger partial charge in [-0.25, -0.2) is 0 Å². The van der Waals surface area contributed by atoms with Crippen molar-refractivity contribution in [2.45, 2.75) is 69.2 Å². The SMILES string of the molecule is CC1C(C)C(C)C(C)C1C.CC1C(C)C(C)C(C)C1C.[CH3-].[CH3-].[Cl][Cr+2].[Cl][Cr+2]. The molecule has 0 aliphatic heterocycles. The summed E-state index contributed by atoms with van der Waals surface area (Å²) in [5, 5.41) is 0. The Kier molecular flexibility index (Phi) is 23.6. The molecule has 158 valence electrons. The summed E-state index contributed by atoms with van der Waals surface area (Å²) in [6, 6.07) is 0. The van der Waals surface area contributed by atoms with Gasteiger partial charge in [0.15, 0.2) is 0 Å². The molecule has 0 aromatic heterocycles. The zero-order chi connectivity index (χ0) is 19.8. The Morgan fingerprint density at radius 2 is 0.346 bits per heavy atom. The molecule has 0 atom stereocenters. The molecule has 0 unspecified atom stereocenters. The molecule has 2 saturated carbocycles. The van der Waals surface area contributed by atoms with E-state index < -0.39 is 0 Å². The molecule has 4 heteroatoms. The summed E-state index contributed by atoms with van der Waals surface area (Å²) in [5.41, 5.74) is 0. The van der Waals surface area contributed by atoms with E-state index >= 15 is 0 Å². The van der Waals surface area contributed by atoms with E-state index in [2.05, 4.69) is 120 Å². The van der Waals surface area contributed by atoms with E-state index in [-0.39, 0.29) is 14.9 Å². The summed E-state index contributed by atoms with van der Waals surface area (Å²) in [5.74, 6) is 9.35. The molecule has 0 spiro atoms. The third-order valence-corrected chi connectivity index (χ3v) is 8.29. The van der Waals surface area contributed by atoms with Gasteiger partial charge in [0, 0.05) is 0 Å². The van der Waals surface area contributed by atoms with Crippen LogP contribution in [0.3, 0.4) is 0 Å². The molecule has 2 rings (SSSR count). The maximum atomic E-state index is 4.51. The van der Waals surface area contributed by atoms with Crippen LogP contribution in [0.2, 0.25) is 0 Å². The summed E-state index contributed by atoms with van der Waals surface area (Å²) in [6.07, 6.45) is 0. The third kappa shape index (κ3) is 8.98. The van der Waals surface area contributed by atoms with Crippen molar-refractivity contribution in [2.24, 2.45) is 59.2 Å². The van der Waals surface area contributed by atoms with E-state index in [0.29, 0.717) is 0 Å². The topological polar surface area (TPSA) is 0 Å². The fourth-order valence-corrected chi connectivity index (χ4v) is 4.79. The Bertz CT molecular complexity index is 195. The summed E-state index contributed by atoms with van der Waals surface area (Å²) in [7, 11) is 9.03. The van der Waals surface area contributed by atoms with Crippen LogP contribution in [0, 0.1) is 74.0 Å². The minimum atomic E-state index is 0. The summed E-state index contributed by atoms with van der Waals surface area (Å²) < 4.78 is 0. The van der Waals surface area contributed by atoms with Gasteiger partial charge in [0.1, 0.15) is 0 Å². The van der Waals surface area contributed by atoms with Gasteiger partial charge in [0.25, 0.3) is 0 Å². The molecule has 0 aromatic rings. The van der Waals surface area contributed by atoms with Crippen molar-refractivity contribution in [1.29, 1.82) is 0 Å². The van der Waals surface area contributed by atoms with Gasteiger partial charge < -0.3 is 14.9 Å². The Morgan fingerprint density at radius 3 is 0.385 bits per heavy atom. The first kappa shape index (κ1) is 35.1. The monoisotopic (exact) mass is 484 g/mol. The van der Waals surface area contributed by atoms with Crippen molar-refractivity contribution in [1.82, 2.24) is 0 Å². The quantitative estimate of drug-likeness (QED) is 0.301. The van der Waals surface area contributed by atoms with Gasteiger partial charge in [-0.3, -0.25) is 0 Å². The van der Waals surface area contributed by atoms with Crippen LogP contribution >= 0.6 is 20.1 Å².